The van der Waals surface area contributed by atoms with E-state index in [2.05, 4.69) is 13.8 Å². The zero-order valence-electron chi connectivity index (χ0n) is 9.29. The first-order valence-corrected chi connectivity index (χ1v) is 6.65. The molecule has 1 N–H and O–H groups in total. The Morgan fingerprint density at radius 3 is 2.64 bits per heavy atom. The third-order valence-electron chi connectivity index (χ3n) is 2.36. The van der Waals surface area contributed by atoms with E-state index >= 15 is 0 Å². The van der Waals surface area contributed by atoms with Crippen LogP contribution in [-0.2, 0) is 4.79 Å². The summed E-state index contributed by atoms with van der Waals surface area (Å²) in [6.07, 6.45) is 5.39. The molecule has 0 aromatic rings. The first-order valence-electron chi connectivity index (χ1n) is 5.50. The van der Waals surface area contributed by atoms with Crippen molar-refractivity contribution in [3.8, 4) is 0 Å². The molecule has 0 spiro atoms. The van der Waals surface area contributed by atoms with Crippen LogP contribution in [0.25, 0.3) is 0 Å². The quantitative estimate of drug-likeness (QED) is 0.603. The minimum atomic E-state index is -0.681. The van der Waals surface area contributed by atoms with Crippen molar-refractivity contribution >= 4 is 17.7 Å². The second-order valence-corrected chi connectivity index (χ2v) is 4.78. The van der Waals surface area contributed by atoms with Gasteiger partial charge in [0.05, 0.1) is 6.42 Å². The topological polar surface area (TPSA) is 37.3 Å². The largest absolute Gasteiger partial charge is 0.481 e. The highest BCUT2D eigenvalue weighted by Gasteiger charge is 2.06. The van der Waals surface area contributed by atoms with Gasteiger partial charge < -0.3 is 5.11 Å². The van der Waals surface area contributed by atoms with E-state index in [9.17, 15) is 4.79 Å². The maximum absolute atomic E-state index is 10.3. The highest BCUT2D eigenvalue weighted by atomic mass is 32.2. The fraction of sp³-hybridized carbons (Fsp3) is 0.909. The van der Waals surface area contributed by atoms with Crippen LogP contribution in [0.2, 0.25) is 0 Å². The van der Waals surface area contributed by atoms with Gasteiger partial charge in [-0.05, 0) is 18.1 Å². The second kappa shape index (κ2) is 9.38. The zero-order valence-corrected chi connectivity index (χ0v) is 10.1. The van der Waals surface area contributed by atoms with Gasteiger partial charge in [0, 0.05) is 5.75 Å². The standard InChI is InChI=1S/C11H22O2S/c1-3-5-6-10(4-2)9-14-8-7-11(12)13/h10H,3-9H2,1-2H3,(H,12,13). The molecule has 0 radical (unpaired) electrons. The van der Waals surface area contributed by atoms with Gasteiger partial charge in [-0.3, -0.25) is 4.79 Å². The van der Waals surface area contributed by atoms with Crippen LogP contribution in [0.3, 0.4) is 0 Å². The average Bonchev–Trinajstić information content (AvgIpc) is 2.16. The third-order valence-corrected chi connectivity index (χ3v) is 3.56. The summed E-state index contributed by atoms with van der Waals surface area (Å²) >= 11 is 1.78. The lowest BCUT2D eigenvalue weighted by atomic mass is 10.0. The van der Waals surface area contributed by atoms with Gasteiger partial charge in [0.1, 0.15) is 0 Å². The van der Waals surface area contributed by atoms with Gasteiger partial charge >= 0.3 is 5.97 Å². The molecule has 0 aliphatic carbocycles. The van der Waals surface area contributed by atoms with E-state index in [0.717, 1.165) is 17.4 Å². The molecule has 0 amide bonds. The van der Waals surface area contributed by atoms with Crippen molar-refractivity contribution in [1.29, 1.82) is 0 Å². The van der Waals surface area contributed by atoms with Crippen molar-refractivity contribution in [2.24, 2.45) is 5.92 Å². The van der Waals surface area contributed by atoms with Gasteiger partial charge in [0.25, 0.3) is 0 Å². The number of unbranched alkanes of at least 4 members (excludes halogenated alkanes) is 1. The van der Waals surface area contributed by atoms with E-state index in [1.807, 2.05) is 0 Å². The molecule has 0 aromatic carbocycles. The normalized spacial score (nSPS) is 12.7. The number of carbonyl (C=O) groups is 1. The van der Waals surface area contributed by atoms with Crippen LogP contribution in [0.4, 0.5) is 0 Å². The maximum atomic E-state index is 10.3. The van der Waals surface area contributed by atoms with E-state index in [1.165, 1.54) is 25.7 Å². The van der Waals surface area contributed by atoms with Crippen LogP contribution < -0.4 is 0 Å². The van der Waals surface area contributed by atoms with Gasteiger partial charge in [-0.15, -0.1) is 0 Å². The molecular formula is C11H22O2S. The summed E-state index contributed by atoms with van der Waals surface area (Å²) in [6.45, 7) is 4.43. The fourth-order valence-electron chi connectivity index (χ4n) is 1.31. The van der Waals surface area contributed by atoms with E-state index in [1.54, 1.807) is 11.8 Å². The Morgan fingerprint density at radius 1 is 1.43 bits per heavy atom. The Labute approximate surface area is 91.5 Å². The maximum Gasteiger partial charge on any atom is 0.304 e. The van der Waals surface area contributed by atoms with E-state index in [4.69, 9.17) is 5.11 Å². The van der Waals surface area contributed by atoms with Crippen LogP contribution in [-0.4, -0.2) is 22.6 Å². The molecule has 0 rings (SSSR count). The first-order chi connectivity index (χ1) is 6.70. The smallest absolute Gasteiger partial charge is 0.304 e. The molecule has 2 nitrogen and oxygen atoms in total. The summed E-state index contributed by atoms with van der Waals surface area (Å²) in [7, 11) is 0. The Bertz CT molecular complexity index is 148. The lowest BCUT2D eigenvalue weighted by molar-refractivity contribution is -0.136. The van der Waals surface area contributed by atoms with Crippen molar-refractivity contribution < 1.29 is 9.90 Å². The number of aliphatic carboxylic acids is 1. The van der Waals surface area contributed by atoms with Crippen molar-refractivity contribution in [3.05, 3.63) is 0 Å². The van der Waals surface area contributed by atoms with Crippen molar-refractivity contribution in [2.45, 2.75) is 46.0 Å². The number of carboxylic acids is 1. The summed E-state index contributed by atoms with van der Waals surface area (Å²) in [5.41, 5.74) is 0. The highest BCUT2D eigenvalue weighted by molar-refractivity contribution is 7.99. The second-order valence-electron chi connectivity index (χ2n) is 3.64. The molecule has 14 heavy (non-hydrogen) atoms. The minimum absolute atomic E-state index is 0.300. The lowest BCUT2D eigenvalue weighted by Gasteiger charge is -2.13. The number of hydrogen-bond donors (Lipinski definition) is 1. The predicted octanol–water partition coefficient (Wildman–Crippen LogP) is 3.41. The molecule has 84 valence electrons. The van der Waals surface area contributed by atoms with Crippen molar-refractivity contribution in [3.63, 3.8) is 0 Å². The monoisotopic (exact) mass is 218 g/mol. The van der Waals surface area contributed by atoms with Crippen LogP contribution in [0, 0.1) is 5.92 Å². The Balaban J connectivity index is 3.37. The summed E-state index contributed by atoms with van der Waals surface area (Å²) in [5.74, 6) is 2.00. The number of carboxylic acid groups (broad SMARTS) is 1. The van der Waals surface area contributed by atoms with Gasteiger partial charge in [0.2, 0.25) is 0 Å². The zero-order chi connectivity index (χ0) is 10.8. The first kappa shape index (κ1) is 13.8. The number of hydrogen-bond acceptors (Lipinski definition) is 2. The predicted molar refractivity (Wildman–Crippen MR) is 62.9 cm³/mol. The van der Waals surface area contributed by atoms with Gasteiger partial charge in [-0.1, -0.05) is 33.1 Å². The molecule has 0 aromatic heterocycles. The van der Waals surface area contributed by atoms with E-state index in [0.29, 0.717) is 6.42 Å². The SMILES string of the molecule is CCCCC(CC)CSCCC(=O)O. The summed E-state index contributed by atoms with van der Waals surface area (Å²) in [5, 5.41) is 8.46. The van der Waals surface area contributed by atoms with Gasteiger partial charge in [-0.25, -0.2) is 0 Å². The molecule has 0 bridgehead atoms. The molecule has 1 unspecified atom stereocenters. The molecule has 3 heteroatoms. The molecule has 1 atom stereocenters. The Kier molecular flexibility index (Phi) is 9.26. The minimum Gasteiger partial charge on any atom is -0.481 e. The molecule has 0 aliphatic heterocycles. The third kappa shape index (κ3) is 8.42. The van der Waals surface area contributed by atoms with E-state index in [-0.39, 0.29) is 0 Å². The van der Waals surface area contributed by atoms with Crippen molar-refractivity contribution in [1.82, 2.24) is 0 Å². The molecule has 0 saturated carbocycles. The molecule has 0 heterocycles. The van der Waals surface area contributed by atoms with Crippen LogP contribution >= 0.6 is 11.8 Å². The number of rotatable bonds is 9. The van der Waals surface area contributed by atoms with Crippen LogP contribution in [0.5, 0.6) is 0 Å². The van der Waals surface area contributed by atoms with Crippen molar-refractivity contribution in [2.75, 3.05) is 11.5 Å². The molecule has 0 aliphatic rings. The van der Waals surface area contributed by atoms with Crippen LogP contribution in [0.1, 0.15) is 46.0 Å². The summed E-state index contributed by atoms with van der Waals surface area (Å²) in [4.78, 5) is 10.3. The number of thioether (sulfide) groups is 1. The lowest BCUT2D eigenvalue weighted by Crippen LogP contribution is -2.04. The Morgan fingerprint density at radius 2 is 2.14 bits per heavy atom. The summed E-state index contributed by atoms with van der Waals surface area (Å²) in [6, 6.07) is 0. The van der Waals surface area contributed by atoms with Crippen LogP contribution in [0.15, 0.2) is 0 Å². The van der Waals surface area contributed by atoms with Gasteiger partial charge in [0.15, 0.2) is 0 Å². The Hall–Kier alpha value is -0.180. The summed E-state index contributed by atoms with van der Waals surface area (Å²) < 4.78 is 0. The molecular weight excluding hydrogens is 196 g/mol. The molecule has 0 fully saturated rings. The van der Waals surface area contributed by atoms with Gasteiger partial charge in [-0.2, -0.15) is 11.8 Å². The highest BCUT2D eigenvalue weighted by Crippen LogP contribution is 2.18. The fourth-order valence-corrected chi connectivity index (χ4v) is 2.53. The molecule has 0 saturated heterocycles. The van der Waals surface area contributed by atoms with E-state index < -0.39 is 5.97 Å². The average molecular weight is 218 g/mol.